The van der Waals surface area contributed by atoms with Crippen LogP contribution in [0.15, 0.2) is 152 Å². The molecule has 5 nitrogen and oxygen atoms in total. The van der Waals surface area contributed by atoms with Crippen LogP contribution >= 0.6 is 50.5 Å². The molecule has 6 aromatic carbocycles. The van der Waals surface area contributed by atoms with E-state index in [9.17, 15) is 14.5 Å². The summed E-state index contributed by atoms with van der Waals surface area (Å²) in [5.74, 6) is -0.942. The molecule has 0 bridgehead atoms. The second-order valence-electron chi connectivity index (χ2n) is 10.4. The van der Waals surface area contributed by atoms with Crippen LogP contribution in [0, 0.1) is 0 Å². The highest BCUT2D eigenvalue weighted by atomic mass is 36.0. The normalized spacial score (nSPS) is 10.8. The fourth-order valence-electron chi connectivity index (χ4n) is 4.99. The molecule has 0 aliphatic carbocycles. The highest BCUT2D eigenvalue weighted by molar-refractivity contribution is 8.24. The van der Waals surface area contributed by atoms with Gasteiger partial charge >= 0.3 is 11.2 Å². The van der Waals surface area contributed by atoms with Crippen molar-refractivity contribution in [1.29, 1.82) is 0 Å². The first kappa shape index (κ1) is 35.0. The number of anilines is 2. The van der Waals surface area contributed by atoms with Gasteiger partial charge in [-0.2, -0.15) is 0 Å². The molecule has 0 saturated heterocycles. The number of aromatic nitrogens is 1. The Labute approximate surface area is 297 Å². The van der Waals surface area contributed by atoms with Crippen LogP contribution in [0.2, 0.25) is 5.02 Å². The molecule has 1 heterocycles. The molecule has 10 heteroatoms. The summed E-state index contributed by atoms with van der Waals surface area (Å²) in [4.78, 5) is 16.0. The fraction of sp³-hybridized carbons (Fsp3) is 0. The number of para-hydroxylation sites is 2. The SMILES string of the molecule is Clc1c2ccccc2nc2cc(-c3ccccc3)ccc12.O=C(O)c1ccccc1Nc1cccc(-c2ccccc2)c1.O=P(Cl)(Cl)Cl. The summed E-state index contributed by atoms with van der Waals surface area (Å²) >= 11 is 20.4. The van der Waals surface area contributed by atoms with E-state index in [1.807, 2.05) is 103 Å². The molecular formula is C38H27Cl4N2O3P. The number of nitrogens with one attached hydrogen (secondary N) is 1. The number of fused-ring (bicyclic) bond motifs is 2. The lowest BCUT2D eigenvalue weighted by atomic mass is 10.0. The van der Waals surface area contributed by atoms with Crippen molar-refractivity contribution in [1.82, 2.24) is 4.98 Å². The molecule has 0 aliphatic rings. The average molecular weight is 732 g/mol. The quantitative estimate of drug-likeness (QED) is 0.136. The first-order chi connectivity index (χ1) is 23.1. The van der Waals surface area contributed by atoms with Gasteiger partial charge in [0.1, 0.15) is 0 Å². The Hall–Kier alpha value is -4.35. The van der Waals surface area contributed by atoms with Crippen molar-refractivity contribution in [2.45, 2.75) is 0 Å². The first-order valence-corrected chi connectivity index (χ1v) is 19.3. The van der Waals surface area contributed by atoms with Gasteiger partial charge in [-0.1, -0.05) is 127 Å². The molecular weight excluding hydrogens is 705 g/mol. The Kier molecular flexibility index (Phi) is 11.8. The van der Waals surface area contributed by atoms with Gasteiger partial charge in [0.25, 0.3) is 0 Å². The summed E-state index contributed by atoms with van der Waals surface area (Å²) in [6.45, 7) is 0. The number of benzene rings is 6. The largest absolute Gasteiger partial charge is 0.478 e. The molecule has 0 saturated carbocycles. The summed E-state index contributed by atoms with van der Waals surface area (Å²) in [7, 11) is 0. The van der Waals surface area contributed by atoms with Gasteiger partial charge in [0.05, 0.1) is 27.3 Å². The maximum absolute atomic E-state index is 11.3. The van der Waals surface area contributed by atoms with Crippen molar-refractivity contribution in [2.24, 2.45) is 0 Å². The Balaban J connectivity index is 0.000000165. The third-order valence-electron chi connectivity index (χ3n) is 7.13. The van der Waals surface area contributed by atoms with Crippen LogP contribution in [0.25, 0.3) is 44.1 Å². The second kappa shape index (κ2) is 16.2. The number of hydrogen-bond acceptors (Lipinski definition) is 4. The molecule has 240 valence electrons. The second-order valence-corrected chi connectivity index (χ2v) is 17.4. The van der Waals surface area contributed by atoms with Gasteiger partial charge in [0, 0.05) is 16.5 Å². The van der Waals surface area contributed by atoms with E-state index < -0.39 is 11.2 Å². The van der Waals surface area contributed by atoms with Crippen molar-refractivity contribution < 1.29 is 14.5 Å². The Morgan fingerprint density at radius 1 is 0.583 bits per heavy atom. The molecule has 0 aliphatic heterocycles. The van der Waals surface area contributed by atoms with Crippen LogP contribution in [0.4, 0.5) is 11.4 Å². The molecule has 48 heavy (non-hydrogen) atoms. The van der Waals surface area contributed by atoms with E-state index in [1.165, 1.54) is 5.56 Å². The predicted octanol–water partition coefficient (Wildman–Crippen LogP) is 13.3. The van der Waals surface area contributed by atoms with Gasteiger partial charge in [0.2, 0.25) is 0 Å². The van der Waals surface area contributed by atoms with Crippen LogP contribution in [-0.4, -0.2) is 16.1 Å². The molecule has 0 atom stereocenters. The van der Waals surface area contributed by atoms with E-state index in [4.69, 9.17) is 16.6 Å². The first-order valence-electron chi connectivity index (χ1n) is 14.5. The van der Waals surface area contributed by atoms with Crippen LogP contribution in [0.1, 0.15) is 10.4 Å². The maximum atomic E-state index is 11.3. The minimum atomic E-state index is -3.22. The van der Waals surface area contributed by atoms with E-state index in [1.54, 1.807) is 18.2 Å². The van der Waals surface area contributed by atoms with Gasteiger partial charge in [-0.25, -0.2) is 9.78 Å². The van der Waals surface area contributed by atoms with Crippen molar-refractivity contribution in [3.8, 4) is 22.3 Å². The highest BCUT2D eigenvalue weighted by Crippen LogP contribution is 2.61. The smallest absolute Gasteiger partial charge is 0.339 e. The van der Waals surface area contributed by atoms with Crippen molar-refractivity contribution in [3.63, 3.8) is 0 Å². The fourth-order valence-corrected chi connectivity index (χ4v) is 5.31. The third-order valence-corrected chi connectivity index (χ3v) is 7.54. The zero-order chi connectivity index (χ0) is 34.1. The number of carbonyl (C=O) groups is 1. The molecule has 0 unspecified atom stereocenters. The zero-order valence-corrected chi connectivity index (χ0v) is 29.0. The summed E-state index contributed by atoms with van der Waals surface area (Å²) < 4.78 is 9.51. The number of rotatable bonds is 5. The summed E-state index contributed by atoms with van der Waals surface area (Å²) in [5, 5.41) is 12.0. The van der Waals surface area contributed by atoms with Gasteiger partial charge in [-0.05, 0) is 92.4 Å². The number of aromatic carboxylic acids is 1. The van der Waals surface area contributed by atoms with E-state index in [-0.39, 0.29) is 5.56 Å². The average Bonchev–Trinajstić information content (AvgIpc) is 3.09. The predicted molar refractivity (Wildman–Crippen MR) is 203 cm³/mol. The van der Waals surface area contributed by atoms with Crippen LogP contribution < -0.4 is 5.32 Å². The number of nitrogens with zero attached hydrogens (tertiary/aromatic N) is 1. The van der Waals surface area contributed by atoms with E-state index >= 15 is 0 Å². The van der Waals surface area contributed by atoms with E-state index in [0.717, 1.165) is 49.2 Å². The summed E-state index contributed by atoms with van der Waals surface area (Å²) in [6.07, 6.45) is 0. The van der Waals surface area contributed by atoms with Crippen LogP contribution in [0.3, 0.4) is 0 Å². The summed E-state index contributed by atoms with van der Waals surface area (Å²) in [5.41, 5.74) is 8.10. The van der Waals surface area contributed by atoms with E-state index in [0.29, 0.717) is 5.69 Å². The molecule has 1 aromatic heterocycles. The third kappa shape index (κ3) is 9.60. The summed E-state index contributed by atoms with van der Waals surface area (Å²) in [6, 6.07) is 49.4. The lowest BCUT2D eigenvalue weighted by Crippen LogP contribution is -2.02. The van der Waals surface area contributed by atoms with E-state index in [2.05, 4.69) is 69.4 Å². The van der Waals surface area contributed by atoms with Crippen molar-refractivity contribution in [2.75, 3.05) is 5.32 Å². The van der Waals surface area contributed by atoms with Gasteiger partial charge < -0.3 is 10.4 Å². The number of carboxylic acids is 1. The lowest BCUT2D eigenvalue weighted by Gasteiger charge is -2.11. The van der Waals surface area contributed by atoms with Crippen molar-refractivity contribution in [3.05, 3.63) is 162 Å². The van der Waals surface area contributed by atoms with Crippen LogP contribution in [0.5, 0.6) is 0 Å². The standard InChI is InChI=1S/C19H12ClN.C19H15NO2.Cl3OP/c20-19-15-8-4-5-9-17(15)21-18-12-14(10-11-16(18)19)13-6-2-1-3-7-13;21-19(22)17-11-4-5-12-18(17)20-16-10-6-9-15(13-16)14-7-2-1-3-8-14;1-5(2,3)4/h1-12H;1-13,20H,(H,21,22);. The Bertz CT molecular complexity index is 2220. The minimum Gasteiger partial charge on any atom is -0.478 e. The minimum absolute atomic E-state index is 0.257. The Morgan fingerprint density at radius 2 is 1.10 bits per heavy atom. The molecule has 2 N–H and O–H groups in total. The molecule has 7 aromatic rings. The highest BCUT2D eigenvalue weighted by Gasteiger charge is 2.10. The molecule has 7 rings (SSSR count). The number of halogens is 4. The monoisotopic (exact) mass is 730 g/mol. The Morgan fingerprint density at radius 3 is 1.75 bits per heavy atom. The maximum Gasteiger partial charge on any atom is 0.339 e. The molecule has 0 fully saturated rings. The van der Waals surface area contributed by atoms with Gasteiger partial charge in [-0.15, -0.1) is 0 Å². The topological polar surface area (TPSA) is 79.3 Å². The number of hydrogen-bond donors (Lipinski definition) is 2. The van der Waals surface area contributed by atoms with Crippen molar-refractivity contribution >= 4 is 89.7 Å². The lowest BCUT2D eigenvalue weighted by molar-refractivity contribution is 0.0698. The molecule has 0 radical (unpaired) electrons. The molecule has 0 spiro atoms. The zero-order valence-electron chi connectivity index (χ0n) is 25.1. The molecule has 0 amide bonds. The number of carboxylic acid groups (broad SMARTS) is 1. The van der Waals surface area contributed by atoms with Crippen LogP contribution in [-0.2, 0) is 4.57 Å². The van der Waals surface area contributed by atoms with Gasteiger partial charge in [-0.3, -0.25) is 4.57 Å². The van der Waals surface area contributed by atoms with Gasteiger partial charge in [0.15, 0.2) is 0 Å². The number of pyridine rings is 1.